The Morgan fingerprint density at radius 1 is 1.10 bits per heavy atom. The molecule has 4 aromatic rings. The maximum Gasteiger partial charge on any atom is 0.194 e. The van der Waals surface area contributed by atoms with Crippen molar-refractivity contribution in [2.75, 3.05) is 0 Å². The standard InChI is InChI=1S/C17H11N3S/c18-10-13-7-5-12(6-8-13)9-14-11-21-17-19-15-3-1-2-4-16(15)20(14)17/h1-8,11H,9H2. The zero-order valence-corrected chi connectivity index (χ0v) is 12.0. The highest BCUT2D eigenvalue weighted by molar-refractivity contribution is 7.15. The first kappa shape index (κ1) is 12.1. The fraction of sp³-hybridized carbons (Fsp3) is 0.0588. The van der Waals surface area contributed by atoms with Gasteiger partial charge in [0.25, 0.3) is 0 Å². The van der Waals surface area contributed by atoms with E-state index in [-0.39, 0.29) is 0 Å². The number of nitriles is 1. The Bertz CT molecular complexity index is 971. The molecule has 0 bridgehead atoms. The van der Waals surface area contributed by atoms with Crippen molar-refractivity contribution in [3.63, 3.8) is 0 Å². The molecular formula is C17H11N3S. The Balaban J connectivity index is 1.81. The number of rotatable bonds is 2. The van der Waals surface area contributed by atoms with Crippen LogP contribution < -0.4 is 0 Å². The van der Waals surface area contributed by atoms with Gasteiger partial charge < -0.3 is 0 Å². The molecule has 0 fully saturated rings. The molecular weight excluding hydrogens is 278 g/mol. The van der Waals surface area contributed by atoms with Crippen LogP contribution in [0.15, 0.2) is 53.9 Å². The molecule has 0 unspecified atom stereocenters. The molecule has 0 amide bonds. The van der Waals surface area contributed by atoms with Crippen LogP contribution in [-0.2, 0) is 6.42 Å². The third-order valence-electron chi connectivity index (χ3n) is 3.59. The van der Waals surface area contributed by atoms with Gasteiger partial charge in [-0.2, -0.15) is 5.26 Å². The summed E-state index contributed by atoms with van der Waals surface area (Å²) in [6.45, 7) is 0. The number of para-hydroxylation sites is 2. The number of hydrogen-bond acceptors (Lipinski definition) is 3. The van der Waals surface area contributed by atoms with Gasteiger partial charge in [0, 0.05) is 17.5 Å². The van der Waals surface area contributed by atoms with Crippen molar-refractivity contribution in [3.05, 3.63) is 70.7 Å². The van der Waals surface area contributed by atoms with Crippen LogP contribution in [0, 0.1) is 11.3 Å². The van der Waals surface area contributed by atoms with Crippen LogP contribution in [0.4, 0.5) is 0 Å². The highest BCUT2D eigenvalue weighted by Gasteiger charge is 2.10. The van der Waals surface area contributed by atoms with Gasteiger partial charge in [-0.3, -0.25) is 4.40 Å². The Morgan fingerprint density at radius 3 is 2.71 bits per heavy atom. The van der Waals surface area contributed by atoms with Gasteiger partial charge in [0.1, 0.15) is 0 Å². The number of hydrogen-bond donors (Lipinski definition) is 0. The Kier molecular flexibility index (Phi) is 2.73. The minimum Gasteiger partial charge on any atom is -0.287 e. The summed E-state index contributed by atoms with van der Waals surface area (Å²) in [6, 6.07) is 18.1. The molecule has 4 heteroatoms. The molecule has 0 radical (unpaired) electrons. The van der Waals surface area contributed by atoms with E-state index in [1.165, 1.54) is 11.3 Å². The monoisotopic (exact) mass is 289 g/mol. The van der Waals surface area contributed by atoms with Crippen molar-refractivity contribution in [1.82, 2.24) is 9.38 Å². The van der Waals surface area contributed by atoms with Crippen molar-refractivity contribution in [2.24, 2.45) is 0 Å². The van der Waals surface area contributed by atoms with E-state index >= 15 is 0 Å². The zero-order valence-electron chi connectivity index (χ0n) is 11.2. The Morgan fingerprint density at radius 2 is 1.90 bits per heavy atom. The van der Waals surface area contributed by atoms with Crippen LogP contribution in [0.5, 0.6) is 0 Å². The Hall–Kier alpha value is -2.64. The van der Waals surface area contributed by atoms with Gasteiger partial charge in [-0.25, -0.2) is 4.98 Å². The maximum absolute atomic E-state index is 8.86. The molecule has 4 rings (SSSR count). The van der Waals surface area contributed by atoms with E-state index in [0.717, 1.165) is 22.4 Å². The molecule has 2 aromatic heterocycles. The summed E-state index contributed by atoms with van der Waals surface area (Å²) < 4.78 is 2.22. The lowest BCUT2D eigenvalue weighted by molar-refractivity contribution is 1.06. The molecule has 3 nitrogen and oxygen atoms in total. The van der Waals surface area contributed by atoms with Gasteiger partial charge in [0.2, 0.25) is 0 Å². The van der Waals surface area contributed by atoms with E-state index in [4.69, 9.17) is 5.26 Å². The maximum atomic E-state index is 8.86. The SMILES string of the molecule is N#Cc1ccc(Cc2csc3nc4ccccc4n23)cc1. The average Bonchev–Trinajstić information content (AvgIpc) is 3.08. The molecule has 0 aliphatic rings. The second-order valence-corrected chi connectivity index (χ2v) is 5.77. The number of thiazole rings is 1. The number of imidazole rings is 1. The summed E-state index contributed by atoms with van der Waals surface area (Å²) in [5.41, 5.74) is 5.31. The van der Waals surface area contributed by atoms with Gasteiger partial charge in [0.15, 0.2) is 4.96 Å². The average molecular weight is 289 g/mol. The summed E-state index contributed by atoms with van der Waals surface area (Å²) in [6.07, 6.45) is 0.839. The molecule has 0 saturated carbocycles. The summed E-state index contributed by atoms with van der Waals surface area (Å²) in [4.78, 5) is 5.67. The zero-order chi connectivity index (χ0) is 14.2. The van der Waals surface area contributed by atoms with E-state index in [1.807, 2.05) is 42.5 Å². The van der Waals surface area contributed by atoms with Crippen molar-refractivity contribution in [1.29, 1.82) is 5.26 Å². The first-order chi connectivity index (χ1) is 10.3. The molecule has 0 N–H and O–H groups in total. The van der Waals surface area contributed by atoms with Gasteiger partial charge in [-0.05, 0) is 29.8 Å². The second-order valence-electron chi connectivity index (χ2n) is 4.93. The molecule has 0 aliphatic carbocycles. The number of aromatic nitrogens is 2. The fourth-order valence-electron chi connectivity index (χ4n) is 2.56. The Labute approximate surface area is 125 Å². The van der Waals surface area contributed by atoms with Crippen LogP contribution in [-0.4, -0.2) is 9.38 Å². The third kappa shape index (κ3) is 1.99. The highest BCUT2D eigenvalue weighted by Crippen LogP contribution is 2.25. The minimum absolute atomic E-state index is 0.697. The summed E-state index contributed by atoms with van der Waals surface area (Å²) in [7, 11) is 0. The van der Waals surface area contributed by atoms with Crippen molar-refractivity contribution in [2.45, 2.75) is 6.42 Å². The van der Waals surface area contributed by atoms with Gasteiger partial charge >= 0.3 is 0 Å². The lowest BCUT2D eigenvalue weighted by Crippen LogP contribution is -1.93. The van der Waals surface area contributed by atoms with Crippen molar-refractivity contribution >= 4 is 27.3 Å². The fourth-order valence-corrected chi connectivity index (χ4v) is 3.46. The summed E-state index contributed by atoms with van der Waals surface area (Å²) in [5, 5.41) is 11.0. The quantitative estimate of drug-likeness (QED) is 0.559. The molecule has 0 atom stereocenters. The number of fused-ring (bicyclic) bond motifs is 3. The van der Waals surface area contributed by atoms with Crippen LogP contribution in [0.2, 0.25) is 0 Å². The van der Waals surface area contributed by atoms with Crippen LogP contribution in [0.3, 0.4) is 0 Å². The highest BCUT2D eigenvalue weighted by atomic mass is 32.1. The normalized spacial score (nSPS) is 11.0. The molecule has 2 aromatic carbocycles. The van der Waals surface area contributed by atoms with Crippen LogP contribution >= 0.6 is 11.3 Å². The smallest absolute Gasteiger partial charge is 0.194 e. The topological polar surface area (TPSA) is 41.1 Å². The van der Waals surface area contributed by atoms with Gasteiger partial charge in [0.05, 0.1) is 22.7 Å². The van der Waals surface area contributed by atoms with E-state index in [0.29, 0.717) is 5.56 Å². The molecule has 0 saturated heterocycles. The molecule has 0 spiro atoms. The molecule has 2 heterocycles. The van der Waals surface area contributed by atoms with Crippen LogP contribution in [0.25, 0.3) is 16.0 Å². The second kappa shape index (κ2) is 4.72. The predicted molar refractivity (Wildman–Crippen MR) is 84.5 cm³/mol. The molecule has 21 heavy (non-hydrogen) atoms. The van der Waals surface area contributed by atoms with E-state index in [2.05, 4.69) is 26.9 Å². The van der Waals surface area contributed by atoms with E-state index in [1.54, 1.807) is 11.3 Å². The molecule has 0 aliphatic heterocycles. The van der Waals surface area contributed by atoms with Crippen molar-refractivity contribution < 1.29 is 0 Å². The predicted octanol–water partition coefficient (Wildman–Crippen LogP) is 4.01. The first-order valence-electron chi connectivity index (χ1n) is 6.68. The third-order valence-corrected chi connectivity index (χ3v) is 4.46. The summed E-state index contributed by atoms with van der Waals surface area (Å²) >= 11 is 1.67. The van der Waals surface area contributed by atoms with Crippen LogP contribution in [0.1, 0.15) is 16.8 Å². The lowest BCUT2D eigenvalue weighted by Gasteiger charge is -2.02. The lowest BCUT2D eigenvalue weighted by atomic mass is 10.1. The van der Waals surface area contributed by atoms with E-state index < -0.39 is 0 Å². The molecule has 100 valence electrons. The first-order valence-corrected chi connectivity index (χ1v) is 7.56. The van der Waals surface area contributed by atoms with E-state index in [9.17, 15) is 0 Å². The van der Waals surface area contributed by atoms with Gasteiger partial charge in [-0.1, -0.05) is 24.3 Å². The largest absolute Gasteiger partial charge is 0.287 e. The number of nitrogens with zero attached hydrogens (tertiary/aromatic N) is 3. The van der Waals surface area contributed by atoms with Gasteiger partial charge in [-0.15, -0.1) is 11.3 Å². The summed E-state index contributed by atoms with van der Waals surface area (Å²) in [5.74, 6) is 0. The van der Waals surface area contributed by atoms with Crippen molar-refractivity contribution in [3.8, 4) is 6.07 Å². The number of benzene rings is 2. The minimum atomic E-state index is 0.697.